The van der Waals surface area contributed by atoms with E-state index in [1.807, 2.05) is 36.4 Å². The van der Waals surface area contributed by atoms with Crippen LogP contribution in [0.2, 0.25) is 5.02 Å². The maximum atomic E-state index is 6.28. The molecule has 0 saturated heterocycles. The Hall–Kier alpha value is -2.53. The van der Waals surface area contributed by atoms with E-state index in [1.165, 1.54) is 6.33 Å². The van der Waals surface area contributed by atoms with Gasteiger partial charge in [-0.2, -0.15) is 0 Å². The first-order valence-electron chi connectivity index (χ1n) is 7.57. The first kappa shape index (κ1) is 16.3. The van der Waals surface area contributed by atoms with E-state index in [4.69, 9.17) is 21.1 Å². The summed E-state index contributed by atoms with van der Waals surface area (Å²) in [5.74, 6) is 2.19. The van der Waals surface area contributed by atoms with Crippen molar-refractivity contribution in [3.05, 3.63) is 53.3 Å². The second kappa shape index (κ2) is 7.36. The Balaban J connectivity index is 1.73. The number of hydrogen-bond acceptors (Lipinski definition) is 5. The summed E-state index contributed by atoms with van der Waals surface area (Å²) in [7, 11) is 3.26. The number of fused-ring (bicyclic) bond motifs is 1. The van der Waals surface area contributed by atoms with E-state index in [1.54, 1.807) is 14.2 Å². The van der Waals surface area contributed by atoms with Gasteiger partial charge in [-0.3, -0.25) is 0 Å². The molecule has 1 aromatic heterocycles. The first-order chi connectivity index (χ1) is 11.7. The minimum absolute atomic E-state index is 0.640. The van der Waals surface area contributed by atoms with Crippen molar-refractivity contribution in [1.29, 1.82) is 0 Å². The number of rotatable bonds is 6. The molecule has 24 heavy (non-hydrogen) atoms. The summed E-state index contributed by atoms with van der Waals surface area (Å²) in [5, 5.41) is 4.82. The van der Waals surface area contributed by atoms with E-state index in [0.717, 1.165) is 40.2 Å². The average molecular weight is 344 g/mol. The number of halogens is 1. The molecule has 0 fully saturated rings. The largest absolute Gasteiger partial charge is 0.493 e. The number of nitrogens with zero attached hydrogens (tertiary/aromatic N) is 2. The zero-order valence-corrected chi connectivity index (χ0v) is 14.3. The molecule has 0 aliphatic rings. The Morgan fingerprint density at radius 1 is 1.04 bits per heavy atom. The lowest BCUT2D eigenvalue weighted by molar-refractivity contribution is 0.354. The van der Waals surface area contributed by atoms with Gasteiger partial charge in [0, 0.05) is 6.54 Å². The molecule has 0 spiro atoms. The summed E-state index contributed by atoms with van der Waals surface area (Å²) in [6.45, 7) is 0.715. The van der Waals surface area contributed by atoms with E-state index in [2.05, 4.69) is 15.3 Å². The molecule has 2 aromatic carbocycles. The third-order valence-corrected chi connectivity index (χ3v) is 4.08. The number of hydrogen-bond donors (Lipinski definition) is 1. The highest BCUT2D eigenvalue weighted by atomic mass is 35.5. The standard InChI is InChI=1S/C18H18ClN3O2/c1-23-15-7-6-12(10-16(15)24-2)8-9-20-18-17-13(19)4-3-5-14(17)21-11-22-18/h3-7,10-11H,8-9H2,1-2H3,(H,20,21,22). The van der Waals surface area contributed by atoms with E-state index in [-0.39, 0.29) is 0 Å². The molecular weight excluding hydrogens is 326 g/mol. The smallest absolute Gasteiger partial charge is 0.160 e. The van der Waals surface area contributed by atoms with E-state index < -0.39 is 0 Å². The molecule has 5 nitrogen and oxygen atoms in total. The Morgan fingerprint density at radius 3 is 2.67 bits per heavy atom. The molecular formula is C18H18ClN3O2. The lowest BCUT2D eigenvalue weighted by atomic mass is 10.1. The summed E-state index contributed by atoms with van der Waals surface area (Å²) in [6, 6.07) is 11.5. The molecule has 1 heterocycles. The van der Waals surface area contributed by atoms with Crippen LogP contribution in [0.3, 0.4) is 0 Å². The van der Waals surface area contributed by atoms with E-state index in [9.17, 15) is 0 Å². The zero-order valence-electron chi connectivity index (χ0n) is 13.5. The Kier molecular flexibility index (Phi) is 5.01. The molecule has 0 atom stereocenters. The van der Waals surface area contributed by atoms with Gasteiger partial charge in [-0.15, -0.1) is 0 Å². The number of benzene rings is 2. The molecule has 0 radical (unpaired) electrons. The monoisotopic (exact) mass is 343 g/mol. The van der Waals surface area contributed by atoms with Crippen LogP contribution < -0.4 is 14.8 Å². The van der Waals surface area contributed by atoms with Crippen LogP contribution in [0.1, 0.15) is 5.56 Å². The SMILES string of the molecule is COc1ccc(CCNc2ncnc3cccc(Cl)c23)cc1OC. The van der Waals surface area contributed by atoms with Gasteiger partial charge in [0.05, 0.1) is 30.1 Å². The molecule has 1 N–H and O–H groups in total. The third-order valence-electron chi connectivity index (χ3n) is 3.77. The van der Waals surface area contributed by atoms with Gasteiger partial charge in [-0.1, -0.05) is 23.7 Å². The minimum Gasteiger partial charge on any atom is -0.493 e. The summed E-state index contributed by atoms with van der Waals surface area (Å²) < 4.78 is 10.6. The fourth-order valence-corrected chi connectivity index (χ4v) is 2.82. The topological polar surface area (TPSA) is 56.3 Å². The van der Waals surface area contributed by atoms with E-state index >= 15 is 0 Å². The fourth-order valence-electron chi connectivity index (χ4n) is 2.56. The van der Waals surface area contributed by atoms with Crippen molar-refractivity contribution in [3.8, 4) is 11.5 Å². The van der Waals surface area contributed by atoms with Gasteiger partial charge in [0.2, 0.25) is 0 Å². The molecule has 0 saturated carbocycles. The number of methoxy groups -OCH3 is 2. The van der Waals surface area contributed by atoms with Gasteiger partial charge in [-0.25, -0.2) is 9.97 Å². The summed E-state index contributed by atoms with van der Waals surface area (Å²) in [4.78, 5) is 8.55. The molecule has 0 aliphatic heterocycles. The minimum atomic E-state index is 0.640. The lowest BCUT2D eigenvalue weighted by Gasteiger charge is -2.11. The van der Waals surface area contributed by atoms with Crippen LogP contribution in [0.15, 0.2) is 42.7 Å². The van der Waals surface area contributed by atoms with Crippen molar-refractivity contribution < 1.29 is 9.47 Å². The van der Waals surface area contributed by atoms with Crippen LogP contribution in [0.25, 0.3) is 10.9 Å². The van der Waals surface area contributed by atoms with Crippen LogP contribution >= 0.6 is 11.6 Å². The van der Waals surface area contributed by atoms with Crippen LogP contribution in [0.5, 0.6) is 11.5 Å². The third kappa shape index (κ3) is 3.36. The fraction of sp³-hybridized carbons (Fsp3) is 0.222. The van der Waals surface area contributed by atoms with Gasteiger partial charge in [-0.05, 0) is 36.2 Å². The van der Waals surface area contributed by atoms with Gasteiger partial charge in [0.25, 0.3) is 0 Å². The second-order valence-electron chi connectivity index (χ2n) is 5.22. The van der Waals surface area contributed by atoms with Crippen molar-refractivity contribution >= 4 is 28.3 Å². The highest BCUT2D eigenvalue weighted by Crippen LogP contribution is 2.29. The number of aromatic nitrogens is 2. The molecule has 6 heteroatoms. The van der Waals surface area contributed by atoms with Crippen LogP contribution in [0, 0.1) is 0 Å². The quantitative estimate of drug-likeness (QED) is 0.734. The molecule has 0 aliphatic carbocycles. The molecule has 3 rings (SSSR count). The molecule has 0 amide bonds. The summed E-state index contributed by atoms with van der Waals surface area (Å²) >= 11 is 6.28. The molecule has 3 aromatic rings. The first-order valence-corrected chi connectivity index (χ1v) is 7.94. The lowest BCUT2D eigenvalue weighted by Crippen LogP contribution is -2.07. The number of anilines is 1. The molecule has 0 unspecified atom stereocenters. The Morgan fingerprint density at radius 2 is 1.88 bits per heavy atom. The highest BCUT2D eigenvalue weighted by molar-refractivity contribution is 6.36. The maximum absolute atomic E-state index is 6.28. The average Bonchev–Trinajstić information content (AvgIpc) is 2.62. The van der Waals surface area contributed by atoms with Crippen molar-refractivity contribution in [2.45, 2.75) is 6.42 Å². The summed E-state index contributed by atoms with van der Waals surface area (Å²) in [5.41, 5.74) is 1.97. The number of ether oxygens (including phenoxy) is 2. The van der Waals surface area contributed by atoms with Crippen LogP contribution in [-0.2, 0) is 6.42 Å². The van der Waals surface area contributed by atoms with Gasteiger partial charge in [0.15, 0.2) is 11.5 Å². The van der Waals surface area contributed by atoms with Crippen LogP contribution in [0.4, 0.5) is 5.82 Å². The number of nitrogens with one attached hydrogen (secondary N) is 1. The predicted octanol–water partition coefficient (Wildman–Crippen LogP) is 3.96. The molecule has 124 valence electrons. The summed E-state index contributed by atoms with van der Waals surface area (Å²) in [6.07, 6.45) is 2.35. The maximum Gasteiger partial charge on any atom is 0.160 e. The van der Waals surface area contributed by atoms with Crippen LogP contribution in [-0.4, -0.2) is 30.7 Å². The van der Waals surface area contributed by atoms with Crippen molar-refractivity contribution in [3.63, 3.8) is 0 Å². The predicted molar refractivity (Wildman–Crippen MR) is 96.3 cm³/mol. The second-order valence-corrected chi connectivity index (χ2v) is 5.63. The normalized spacial score (nSPS) is 10.6. The highest BCUT2D eigenvalue weighted by Gasteiger charge is 2.08. The van der Waals surface area contributed by atoms with Crippen molar-refractivity contribution in [2.75, 3.05) is 26.1 Å². The Labute approximate surface area is 145 Å². The Bertz CT molecular complexity index is 850. The van der Waals surface area contributed by atoms with Gasteiger partial charge in [0.1, 0.15) is 12.1 Å². The van der Waals surface area contributed by atoms with Gasteiger partial charge < -0.3 is 14.8 Å². The van der Waals surface area contributed by atoms with Crippen molar-refractivity contribution in [2.24, 2.45) is 0 Å². The van der Waals surface area contributed by atoms with E-state index in [0.29, 0.717) is 11.6 Å². The molecule has 0 bridgehead atoms. The van der Waals surface area contributed by atoms with Crippen molar-refractivity contribution in [1.82, 2.24) is 9.97 Å². The zero-order chi connectivity index (χ0) is 16.9. The van der Waals surface area contributed by atoms with Gasteiger partial charge >= 0.3 is 0 Å².